The molecule has 2 atom stereocenters. The average molecular weight is 315 g/mol. The molecule has 0 amide bonds. The molecular formula is C13H21N3O4S. The number of aliphatic carboxylic acids is 1. The summed E-state index contributed by atoms with van der Waals surface area (Å²) in [5.41, 5.74) is 0. The number of sulfonamides is 1. The number of rotatable bonds is 5. The van der Waals surface area contributed by atoms with E-state index >= 15 is 0 Å². The third kappa shape index (κ3) is 3.44. The van der Waals surface area contributed by atoms with Crippen LogP contribution in [-0.2, 0) is 21.4 Å². The minimum Gasteiger partial charge on any atom is -0.480 e. The maximum Gasteiger partial charge on any atom is 0.325 e. The fourth-order valence-electron chi connectivity index (χ4n) is 2.88. The van der Waals surface area contributed by atoms with Crippen molar-refractivity contribution in [1.82, 2.24) is 14.1 Å². The summed E-state index contributed by atoms with van der Waals surface area (Å²) >= 11 is 0. The zero-order valence-corrected chi connectivity index (χ0v) is 13.1. The molecule has 2 unspecified atom stereocenters. The molecule has 1 aromatic rings. The number of carbonyl (C=O) groups is 1. The molecule has 1 heterocycles. The van der Waals surface area contributed by atoms with Crippen LogP contribution in [-0.4, -0.2) is 46.7 Å². The summed E-state index contributed by atoms with van der Waals surface area (Å²) in [6, 6.07) is -0.00780. The minimum absolute atomic E-state index is 0.00780. The first kappa shape index (κ1) is 16.0. The number of carboxylic acid groups (broad SMARTS) is 1. The summed E-state index contributed by atoms with van der Waals surface area (Å²) in [7, 11) is -2.04. The topological polar surface area (TPSA) is 92.5 Å². The molecule has 118 valence electrons. The maximum absolute atomic E-state index is 12.6. The normalized spacial score (nSPS) is 23.4. The number of hydrogen-bond acceptors (Lipinski definition) is 4. The van der Waals surface area contributed by atoms with Crippen LogP contribution in [0.2, 0.25) is 0 Å². The second-order valence-electron chi connectivity index (χ2n) is 5.62. The summed E-state index contributed by atoms with van der Waals surface area (Å²) < 4.78 is 27.7. The van der Waals surface area contributed by atoms with Crippen LogP contribution in [0.1, 0.15) is 32.6 Å². The predicted octanol–water partition coefficient (Wildman–Crippen LogP) is 1.17. The van der Waals surface area contributed by atoms with Crippen molar-refractivity contribution in [2.24, 2.45) is 5.92 Å². The van der Waals surface area contributed by atoms with E-state index in [-0.39, 0.29) is 17.5 Å². The molecule has 0 aromatic carbocycles. The van der Waals surface area contributed by atoms with Gasteiger partial charge >= 0.3 is 5.97 Å². The largest absolute Gasteiger partial charge is 0.480 e. The molecule has 0 aliphatic heterocycles. The van der Waals surface area contributed by atoms with Gasteiger partial charge in [-0.25, -0.2) is 8.42 Å². The zero-order valence-electron chi connectivity index (χ0n) is 12.3. The van der Waals surface area contributed by atoms with Crippen molar-refractivity contribution in [1.29, 1.82) is 0 Å². The van der Waals surface area contributed by atoms with E-state index in [4.69, 9.17) is 5.11 Å². The van der Waals surface area contributed by atoms with Crippen LogP contribution in [0.3, 0.4) is 0 Å². The predicted molar refractivity (Wildman–Crippen MR) is 76.2 cm³/mol. The lowest BCUT2D eigenvalue weighted by Gasteiger charge is -2.35. The third-order valence-electron chi connectivity index (χ3n) is 4.12. The highest BCUT2D eigenvalue weighted by Gasteiger charge is 2.33. The van der Waals surface area contributed by atoms with E-state index in [0.717, 1.165) is 30.4 Å². The first-order valence-corrected chi connectivity index (χ1v) is 8.48. The van der Waals surface area contributed by atoms with Gasteiger partial charge in [0.25, 0.3) is 0 Å². The molecule has 1 aromatic heterocycles. The second-order valence-corrected chi connectivity index (χ2v) is 7.62. The Hall–Kier alpha value is -1.41. The lowest BCUT2D eigenvalue weighted by Crippen LogP contribution is -2.42. The van der Waals surface area contributed by atoms with Gasteiger partial charge < -0.3 is 5.11 Å². The number of hydrogen-bond donors (Lipinski definition) is 1. The van der Waals surface area contributed by atoms with E-state index in [9.17, 15) is 13.2 Å². The van der Waals surface area contributed by atoms with Gasteiger partial charge in [-0.2, -0.15) is 9.40 Å². The molecule has 0 bridgehead atoms. The molecular weight excluding hydrogens is 294 g/mol. The average Bonchev–Trinajstić information content (AvgIpc) is 2.87. The first-order chi connectivity index (χ1) is 9.82. The second kappa shape index (κ2) is 6.15. The molecule has 2 rings (SSSR count). The first-order valence-electron chi connectivity index (χ1n) is 7.04. The summed E-state index contributed by atoms with van der Waals surface area (Å²) in [5.74, 6) is -0.733. The molecule has 8 heteroatoms. The van der Waals surface area contributed by atoms with Crippen LogP contribution in [0.5, 0.6) is 0 Å². The highest BCUT2D eigenvalue weighted by atomic mass is 32.2. The fourth-order valence-corrected chi connectivity index (χ4v) is 4.32. The van der Waals surface area contributed by atoms with Gasteiger partial charge in [-0.05, 0) is 18.8 Å². The Morgan fingerprint density at radius 1 is 1.48 bits per heavy atom. The van der Waals surface area contributed by atoms with Crippen molar-refractivity contribution in [2.75, 3.05) is 7.05 Å². The van der Waals surface area contributed by atoms with E-state index < -0.39 is 16.0 Å². The van der Waals surface area contributed by atoms with E-state index in [1.807, 2.05) is 0 Å². The van der Waals surface area contributed by atoms with Crippen LogP contribution in [0.4, 0.5) is 0 Å². The summed E-state index contributed by atoms with van der Waals surface area (Å²) in [5, 5.41) is 12.5. The molecule has 1 fully saturated rings. The van der Waals surface area contributed by atoms with E-state index in [0.29, 0.717) is 5.92 Å². The molecule has 0 saturated heterocycles. The molecule has 0 radical (unpaired) electrons. The van der Waals surface area contributed by atoms with Crippen LogP contribution in [0, 0.1) is 5.92 Å². The number of carboxylic acids is 1. The Balaban J connectivity index is 2.20. The Labute approximate surface area is 124 Å². The van der Waals surface area contributed by atoms with Crippen LogP contribution in [0.15, 0.2) is 17.3 Å². The Bertz CT molecular complexity index is 611. The quantitative estimate of drug-likeness (QED) is 0.880. The third-order valence-corrected chi connectivity index (χ3v) is 5.95. The molecule has 21 heavy (non-hydrogen) atoms. The summed E-state index contributed by atoms with van der Waals surface area (Å²) in [6.45, 7) is 1.72. The van der Waals surface area contributed by atoms with E-state index in [2.05, 4.69) is 12.0 Å². The van der Waals surface area contributed by atoms with Gasteiger partial charge in [-0.15, -0.1) is 0 Å². The zero-order chi connectivity index (χ0) is 15.6. The van der Waals surface area contributed by atoms with Crippen LogP contribution < -0.4 is 0 Å². The highest BCUT2D eigenvalue weighted by Crippen LogP contribution is 2.30. The van der Waals surface area contributed by atoms with Gasteiger partial charge in [-0.3, -0.25) is 9.48 Å². The molecule has 7 nitrogen and oxygen atoms in total. The van der Waals surface area contributed by atoms with Gasteiger partial charge in [0.05, 0.1) is 6.20 Å². The summed E-state index contributed by atoms with van der Waals surface area (Å²) in [6.07, 6.45) is 6.55. The standard InChI is InChI=1S/C13H21N3O4S/c1-10-5-3-4-6-12(10)15(2)21(19,20)11-7-14-16(8-11)9-13(17)18/h7-8,10,12H,3-6,9H2,1-2H3,(H,17,18). The van der Waals surface area contributed by atoms with Crippen molar-refractivity contribution in [3.05, 3.63) is 12.4 Å². The fraction of sp³-hybridized carbons (Fsp3) is 0.692. The van der Waals surface area contributed by atoms with Crippen molar-refractivity contribution >= 4 is 16.0 Å². The smallest absolute Gasteiger partial charge is 0.325 e. The molecule has 1 N–H and O–H groups in total. The lowest BCUT2D eigenvalue weighted by atomic mass is 9.86. The van der Waals surface area contributed by atoms with Crippen molar-refractivity contribution in [2.45, 2.75) is 50.1 Å². The van der Waals surface area contributed by atoms with Gasteiger partial charge in [0.15, 0.2) is 0 Å². The van der Waals surface area contributed by atoms with Gasteiger partial charge in [0.2, 0.25) is 10.0 Å². The minimum atomic E-state index is -3.63. The van der Waals surface area contributed by atoms with Crippen LogP contribution >= 0.6 is 0 Å². The SMILES string of the molecule is CC1CCCCC1N(C)S(=O)(=O)c1cnn(CC(=O)O)c1. The molecule has 1 aliphatic rings. The van der Waals surface area contributed by atoms with Crippen LogP contribution in [0.25, 0.3) is 0 Å². The van der Waals surface area contributed by atoms with Gasteiger partial charge in [-0.1, -0.05) is 19.8 Å². The van der Waals surface area contributed by atoms with E-state index in [1.165, 1.54) is 16.7 Å². The van der Waals surface area contributed by atoms with Crippen molar-refractivity contribution in [3.63, 3.8) is 0 Å². The van der Waals surface area contributed by atoms with Gasteiger partial charge in [0, 0.05) is 19.3 Å². The molecule has 0 spiro atoms. The summed E-state index contributed by atoms with van der Waals surface area (Å²) in [4.78, 5) is 10.7. The molecule has 1 saturated carbocycles. The monoisotopic (exact) mass is 315 g/mol. The number of nitrogens with zero attached hydrogens (tertiary/aromatic N) is 3. The van der Waals surface area contributed by atoms with Crippen molar-refractivity contribution in [3.8, 4) is 0 Å². The Morgan fingerprint density at radius 3 is 2.76 bits per heavy atom. The Morgan fingerprint density at radius 2 is 2.14 bits per heavy atom. The van der Waals surface area contributed by atoms with Crippen molar-refractivity contribution < 1.29 is 18.3 Å². The Kier molecular flexibility index (Phi) is 4.67. The number of aromatic nitrogens is 2. The molecule has 1 aliphatic carbocycles. The maximum atomic E-state index is 12.6. The highest BCUT2D eigenvalue weighted by molar-refractivity contribution is 7.89. The van der Waals surface area contributed by atoms with Gasteiger partial charge in [0.1, 0.15) is 11.4 Å². The lowest BCUT2D eigenvalue weighted by molar-refractivity contribution is -0.137. The van der Waals surface area contributed by atoms with E-state index in [1.54, 1.807) is 7.05 Å².